The summed E-state index contributed by atoms with van der Waals surface area (Å²) in [5, 5.41) is 4.19. The van der Waals surface area contributed by atoms with Gasteiger partial charge in [-0.2, -0.15) is 4.98 Å². The van der Waals surface area contributed by atoms with Crippen molar-refractivity contribution in [1.29, 1.82) is 0 Å². The second-order valence-corrected chi connectivity index (χ2v) is 5.95. The van der Waals surface area contributed by atoms with Crippen LogP contribution < -0.4 is 4.90 Å². The third-order valence-corrected chi connectivity index (χ3v) is 4.01. The van der Waals surface area contributed by atoms with Crippen molar-refractivity contribution in [2.45, 2.75) is 13.8 Å². The van der Waals surface area contributed by atoms with Crippen LogP contribution in [0.15, 0.2) is 35.1 Å². The van der Waals surface area contributed by atoms with E-state index in [1.165, 1.54) is 4.52 Å². The molecule has 0 aliphatic heterocycles. The van der Waals surface area contributed by atoms with Crippen molar-refractivity contribution in [3.8, 4) is 0 Å². The molecule has 0 unspecified atom stereocenters. The topological polar surface area (TPSA) is 63.4 Å². The Hall–Kier alpha value is -2.28. The summed E-state index contributed by atoms with van der Waals surface area (Å²) in [5.74, 6) is 0.241. The first-order valence-corrected chi connectivity index (χ1v) is 7.49. The number of carbonyl (C=O) groups excluding carboxylic acids is 1. The number of benzene rings is 1. The Morgan fingerprint density at radius 2 is 2.09 bits per heavy atom. The van der Waals surface area contributed by atoms with Crippen LogP contribution in [-0.2, 0) is 0 Å². The minimum Gasteiger partial charge on any atom is -0.308 e. The summed E-state index contributed by atoms with van der Waals surface area (Å²) in [6.07, 6.45) is 3.33. The van der Waals surface area contributed by atoms with Gasteiger partial charge in [0.2, 0.25) is 5.82 Å². The number of anilines is 1. The van der Waals surface area contributed by atoms with Crippen molar-refractivity contribution >= 4 is 33.3 Å². The highest BCUT2D eigenvalue weighted by Crippen LogP contribution is 2.22. The number of aryl methyl sites for hydroxylation is 1. The lowest BCUT2D eigenvalue weighted by Gasteiger charge is -2.19. The van der Waals surface area contributed by atoms with Gasteiger partial charge in [0.25, 0.3) is 11.7 Å². The van der Waals surface area contributed by atoms with E-state index in [1.54, 1.807) is 24.3 Å². The van der Waals surface area contributed by atoms with Gasteiger partial charge in [-0.1, -0.05) is 12.1 Å². The Labute approximate surface area is 135 Å². The van der Waals surface area contributed by atoms with E-state index in [2.05, 4.69) is 31.0 Å². The highest BCUT2D eigenvalue weighted by Gasteiger charge is 2.20. The first-order chi connectivity index (χ1) is 10.5. The summed E-state index contributed by atoms with van der Waals surface area (Å²) in [6, 6.07) is 5.85. The molecule has 2 aromatic heterocycles. The van der Waals surface area contributed by atoms with Crippen LogP contribution in [-0.4, -0.2) is 32.5 Å². The van der Waals surface area contributed by atoms with E-state index in [0.717, 1.165) is 21.3 Å². The Morgan fingerprint density at radius 1 is 1.32 bits per heavy atom. The molecule has 7 heteroatoms. The summed E-state index contributed by atoms with van der Waals surface area (Å²) in [4.78, 5) is 22.5. The van der Waals surface area contributed by atoms with E-state index < -0.39 is 0 Å². The van der Waals surface area contributed by atoms with Crippen molar-refractivity contribution in [1.82, 2.24) is 19.6 Å². The van der Waals surface area contributed by atoms with Gasteiger partial charge in [0.15, 0.2) is 0 Å². The van der Waals surface area contributed by atoms with Crippen LogP contribution in [0.2, 0.25) is 0 Å². The van der Waals surface area contributed by atoms with E-state index in [1.807, 2.05) is 32.0 Å². The first kappa shape index (κ1) is 14.6. The van der Waals surface area contributed by atoms with Crippen molar-refractivity contribution in [3.05, 3.63) is 52.0 Å². The molecular formula is C15H14BrN5O. The van der Waals surface area contributed by atoms with E-state index in [0.29, 0.717) is 5.78 Å². The summed E-state index contributed by atoms with van der Waals surface area (Å²) in [7, 11) is 1.72. The minimum absolute atomic E-state index is 0.119. The first-order valence-electron chi connectivity index (χ1n) is 6.69. The van der Waals surface area contributed by atoms with Crippen molar-refractivity contribution < 1.29 is 4.79 Å². The minimum atomic E-state index is -0.268. The zero-order valence-electron chi connectivity index (χ0n) is 12.4. The molecule has 0 saturated carbocycles. The summed E-state index contributed by atoms with van der Waals surface area (Å²) in [6.45, 7) is 4.01. The average Bonchev–Trinajstić information content (AvgIpc) is 2.91. The Kier molecular flexibility index (Phi) is 3.66. The molecule has 3 aromatic rings. The molecule has 1 amide bonds. The molecule has 0 radical (unpaired) electrons. The highest BCUT2D eigenvalue weighted by atomic mass is 79.9. The van der Waals surface area contributed by atoms with Crippen LogP contribution in [0.25, 0.3) is 5.78 Å². The van der Waals surface area contributed by atoms with Crippen LogP contribution in [0.3, 0.4) is 0 Å². The summed E-state index contributed by atoms with van der Waals surface area (Å²) < 4.78 is 2.25. The van der Waals surface area contributed by atoms with Crippen LogP contribution in [0.1, 0.15) is 21.7 Å². The maximum absolute atomic E-state index is 12.6. The van der Waals surface area contributed by atoms with Crippen LogP contribution in [0.4, 0.5) is 5.69 Å². The fourth-order valence-electron chi connectivity index (χ4n) is 2.21. The second kappa shape index (κ2) is 5.49. The van der Waals surface area contributed by atoms with Crippen molar-refractivity contribution in [3.63, 3.8) is 0 Å². The third-order valence-electron chi connectivity index (χ3n) is 3.60. The molecule has 0 aliphatic rings. The van der Waals surface area contributed by atoms with Gasteiger partial charge < -0.3 is 4.90 Å². The summed E-state index contributed by atoms with van der Waals surface area (Å²) in [5.41, 5.74) is 3.03. The largest absolute Gasteiger partial charge is 0.308 e. The second-order valence-electron chi connectivity index (χ2n) is 5.04. The fourth-order valence-corrected chi connectivity index (χ4v) is 2.50. The molecule has 0 saturated heterocycles. The molecule has 0 bridgehead atoms. The SMILES string of the molecule is Cc1cccc(N(C)C(=O)c2nc3ncc(Br)cn3n2)c1C. The quantitative estimate of drug-likeness (QED) is 0.705. The molecule has 0 spiro atoms. The molecule has 0 atom stereocenters. The zero-order chi connectivity index (χ0) is 15.9. The smallest absolute Gasteiger partial charge is 0.297 e. The monoisotopic (exact) mass is 359 g/mol. The van der Waals surface area contributed by atoms with Gasteiger partial charge in [-0.3, -0.25) is 4.79 Å². The number of rotatable bonds is 2. The average molecular weight is 360 g/mol. The van der Waals surface area contributed by atoms with Gasteiger partial charge in [-0.05, 0) is 47.0 Å². The Morgan fingerprint density at radius 3 is 2.86 bits per heavy atom. The number of hydrogen-bond donors (Lipinski definition) is 0. The number of nitrogens with zero attached hydrogens (tertiary/aromatic N) is 5. The van der Waals surface area contributed by atoms with E-state index in [-0.39, 0.29) is 11.7 Å². The van der Waals surface area contributed by atoms with Gasteiger partial charge in [0.05, 0.1) is 4.47 Å². The highest BCUT2D eigenvalue weighted by molar-refractivity contribution is 9.10. The zero-order valence-corrected chi connectivity index (χ0v) is 14.0. The molecule has 22 heavy (non-hydrogen) atoms. The molecule has 0 N–H and O–H groups in total. The van der Waals surface area contributed by atoms with Gasteiger partial charge in [0, 0.05) is 25.1 Å². The maximum Gasteiger partial charge on any atom is 0.297 e. The molecule has 0 fully saturated rings. The number of carbonyl (C=O) groups is 1. The fraction of sp³-hybridized carbons (Fsp3) is 0.200. The number of aromatic nitrogens is 4. The van der Waals surface area contributed by atoms with E-state index in [9.17, 15) is 4.79 Å². The normalized spacial score (nSPS) is 10.9. The molecule has 2 heterocycles. The number of halogens is 1. The van der Waals surface area contributed by atoms with Gasteiger partial charge >= 0.3 is 0 Å². The lowest BCUT2D eigenvalue weighted by atomic mass is 10.1. The van der Waals surface area contributed by atoms with Gasteiger partial charge in [-0.25, -0.2) is 9.50 Å². The number of amides is 1. The molecular weight excluding hydrogens is 346 g/mol. The van der Waals surface area contributed by atoms with Crippen molar-refractivity contribution in [2.24, 2.45) is 0 Å². The Bertz CT molecular complexity index is 873. The van der Waals surface area contributed by atoms with Gasteiger partial charge in [-0.15, -0.1) is 5.10 Å². The number of fused-ring (bicyclic) bond motifs is 1. The van der Waals surface area contributed by atoms with Crippen LogP contribution in [0.5, 0.6) is 0 Å². The third kappa shape index (κ3) is 2.48. The van der Waals surface area contributed by atoms with Crippen LogP contribution >= 0.6 is 15.9 Å². The molecule has 1 aromatic carbocycles. The lowest BCUT2D eigenvalue weighted by Crippen LogP contribution is -2.28. The number of hydrogen-bond acceptors (Lipinski definition) is 4. The molecule has 6 nitrogen and oxygen atoms in total. The molecule has 3 rings (SSSR count). The Balaban J connectivity index is 1.99. The predicted octanol–water partition coefficient (Wildman–Crippen LogP) is 2.78. The van der Waals surface area contributed by atoms with Crippen LogP contribution in [0, 0.1) is 13.8 Å². The molecule has 112 valence electrons. The van der Waals surface area contributed by atoms with E-state index >= 15 is 0 Å². The lowest BCUT2D eigenvalue weighted by molar-refractivity contribution is 0.0983. The standard InChI is InChI=1S/C15H14BrN5O/c1-9-5-4-6-12(10(9)2)20(3)14(22)13-18-15-17-7-11(16)8-21(15)19-13/h4-8H,1-3H3. The van der Waals surface area contributed by atoms with Gasteiger partial charge in [0.1, 0.15) is 0 Å². The maximum atomic E-state index is 12.6. The summed E-state index contributed by atoms with van der Waals surface area (Å²) >= 11 is 3.32. The van der Waals surface area contributed by atoms with E-state index in [4.69, 9.17) is 0 Å². The van der Waals surface area contributed by atoms with Crippen molar-refractivity contribution in [2.75, 3.05) is 11.9 Å². The predicted molar refractivity (Wildman–Crippen MR) is 87.1 cm³/mol. The molecule has 0 aliphatic carbocycles.